The number of carbonyl (C=O) groups excluding carboxylic acids is 1. The maximum atomic E-state index is 11.9. The minimum atomic E-state index is -0.658. The van der Waals surface area contributed by atoms with E-state index in [1.807, 2.05) is 0 Å². The third-order valence-electron chi connectivity index (χ3n) is 2.41. The van der Waals surface area contributed by atoms with Crippen molar-refractivity contribution in [3.63, 3.8) is 0 Å². The van der Waals surface area contributed by atoms with E-state index in [2.05, 4.69) is 21.7 Å². The van der Waals surface area contributed by atoms with Gasteiger partial charge in [-0.1, -0.05) is 22.0 Å². The number of hydrogen-bond acceptors (Lipinski definition) is 5. The van der Waals surface area contributed by atoms with Crippen LogP contribution >= 0.6 is 15.9 Å². The lowest BCUT2D eigenvalue weighted by Crippen LogP contribution is -2.19. The van der Waals surface area contributed by atoms with Gasteiger partial charge in [0.05, 0.1) is 4.92 Å². The Balaban J connectivity index is 2.40. The van der Waals surface area contributed by atoms with Gasteiger partial charge in [-0.05, 0) is 6.07 Å². The Labute approximate surface area is 116 Å². The smallest absolute Gasteiger partial charge is 0.342 e. The molecule has 2 rings (SSSR count). The molecule has 1 heterocycles. The SMILES string of the molecule is O=C1O[C@@H](C=C=CBr)COc2c1cccc2[N+](=O)[O-]. The second-order valence-corrected chi connectivity index (χ2v) is 4.07. The number of ether oxygens (including phenoxy) is 2. The molecule has 0 saturated heterocycles. The molecule has 0 radical (unpaired) electrons. The van der Waals surface area contributed by atoms with Crippen LogP contribution in [0.25, 0.3) is 0 Å². The molecule has 19 heavy (non-hydrogen) atoms. The van der Waals surface area contributed by atoms with Gasteiger partial charge in [0.15, 0.2) is 6.10 Å². The first-order valence-electron chi connectivity index (χ1n) is 5.26. The molecule has 1 aliphatic rings. The quantitative estimate of drug-likeness (QED) is 0.361. The predicted octanol–water partition coefficient (Wildman–Crippen LogP) is 2.58. The Morgan fingerprint density at radius 1 is 1.53 bits per heavy atom. The van der Waals surface area contributed by atoms with E-state index in [4.69, 9.17) is 9.47 Å². The van der Waals surface area contributed by atoms with Crippen molar-refractivity contribution in [3.05, 3.63) is 50.7 Å². The Bertz CT molecular complexity index is 592. The average Bonchev–Trinajstić information content (AvgIpc) is 2.56. The first-order valence-corrected chi connectivity index (χ1v) is 6.17. The molecular weight excluding hydrogens is 318 g/mol. The first kappa shape index (κ1) is 13.3. The number of nitro benzene ring substituents is 1. The summed E-state index contributed by atoms with van der Waals surface area (Å²) >= 11 is 3.03. The number of rotatable bonds is 2. The fraction of sp³-hybridized carbons (Fsp3) is 0.167. The molecule has 0 fully saturated rings. The van der Waals surface area contributed by atoms with Gasteiger partial charge in [0.1, 0.15) is 12.2 Å². The highest BCUT2D eigenvalue weighted by atomic mass is 79.9. The van der Waals surface area contributed by atoms with Crippen molar-refractivity contribution in [2.24, 2.45) is 0 Å². The van der Waals surface area contributed by atoms with Gasteiger partial charge >= 0.3 is 11.7 Å². The largest absolute Gasteiger partial charge is 0.482 e. The topological polar surface area (TPSA) is 78.7 Å². The highest BCUT2D eigenvalue weighted by Crippen LogP contribution is 2.33. The summed E-state index contributed by atoms with van der Waals surface area (Å²) in [5, 5.41) is 10.9. The van der Waals surface area contributed by atoms with Crippen LogP contribution in [0.4, 0.5) is 5.69 Å². The maximum absolute atomic E-state index is 11.9. The van der Waals surface area contributed by atoms with Crippen LogP contribution in [0.5, 0.6) is 5.75 Å². The van der Waals surface area contributed by atoms with E-state index < -0.39 is 17.0 Å². The summed E-state index contributed by atoms with van der Waals surface area (Å²) in [5.74, 6) is -0.718. The number of hydrogen-bond donors (Lipinski definition) is 0. The molecule has 1 aliphatic heterocycles. The molecule has 0 saturated carbocycles. The van der Waals surface area contributed by atoms with Crippen molar-refractivity contribution in [1.82, 2.24) is 0 Å². The molecule has 7 heteroatoms. The van der Waals surface area contributed by atoms with Crippen molar-refractivity contribution >= 4 is 27.6 Å². The Morgan fingerprint density at radius 3 is 3.00 bits per heavy atom. The molecular formula is C12H8BrNO5. The van der Waals surface area contributed by atoms with Crippen LogP contribution in [0, 0.1) is 10.1 Å². The molecule has 0 bridgehead atoms. The molecule has 0 aromatic heterocycles. The van der Waals surface area contributed by atoms with Gasteiger partial charge in [0, 0.05) is 17.1 Å². The summed E-state index contributed by atoms with van der Waals surface area (Å²) in [5.41, 5.74) is 2.50. The highest BCUT2D eigenvalue weighted by molar-refractivity contribution is 9.11. The van der Waals surface area contributed by atoms with Crippen LogP contribution in [0.2, 0.25) is 0 Å². The number of carbonyl (C=O) groups is 1. The van der Waals surface area contributed by atoms with Gasteiger partial charge in [-0.3, -0.25) is 10.1 Å². The van der Waals surface area contributed by atoms with Crippen molar-refractivity contribution in [1.29, 1.82) is 0 Å². The predicted molar refractivity (Wildman–Crippen MR) is 69.4 cm³/mol. The van der Waals surface area contributed by atoms with Crippen molar-refractivity contribution in [2.45, 2.75) is 6.10 Å². The van der Waals surface area contributed by atoms with E-state index in [0.717, 1.165) is 0 Å². The minimum Gasteiger partial charge on any atom is -0.482 e. The maximum Gasteiger partial charge on any atom is 0.342 e. The average molecular weight is 326 g/mol. The van der Waals surface area contributed by atoms with E-state index in [-0.39, 0.29) is 23.6 Å². The van der Waals surface area contributed by atoms with Crippen LogP contribution in [0.3, 0.4) is 0 Å². The zero-order valence-electron chi connectivity index (χ0n) is 9.54. The summed E-state index contributed by atoms with van der Waals surface area (Å²) < 4.78 is 10.5. The molecule has 0 spiro atoms. The Kier molecular flexibility index (Phi) is 3.99. The van der Waals surface area contributed by atoms with E-state index >= 15 is 0 Å². The van der Waals surface area contributed by atoms with Crippen LogP contribution in [0.1, 0.15) is 10.4 Å². The zero-order valence-corrected chi connectivity index (χ0v) is 11.1. The lowest BCUT2D eigenvalue weighted by molar-refractivity contribution is -0.385. The molecule has 0 N–H and O–H groups in total. The minimum absolute atomic E-state index is 0.00255. The molecule has 6 nitrogen and oxygen atoms in total. The lowest BCUT2D eigenvalue weighted by atomic mass is 10.2. The standard InChI is InChI=1S/C12H8BrNO5/c13-6-2-3-8-7-18-11-9(12(15)19-8)4-1-5-10(11)14(16)17/h1,3-6,8H,7H2/t2?,8-/m0/s1. The summed E-state index contributed by atoms with van der Waals surface area (Å²) in [6, 6.07) is 4.12. The van der Waals surface area contributed by atoms with Gasteiger partial charge in [0.2, 0.25) is 5.75 Å². The fourth-order valence-corrected chi connectivity index (χ4v) is 1.76. The van der Waals surface area contributed by atoms with Crippen LogP contribution in [0.15, 0.2) is 35.0 Å². The van der Waals surface area contributed by atoms with Crippen LogP contribution < -0.4 is 4.74 Å². The third kappa shape index (κ3) is 2.83. The van der Waals surface area contributed by atoms with E-state index in [1.165, 1.54) is 29.3 Å². The van der Waals surface area contributed by atoms with Gasteiger partial charge in [-0.15, -0.1) is 5.73 Å². The number of fused-ring (bicyclic) bond motifs is 1. The van der Waals surface area contributed by atoms with Crippen molar-refractivity contribution < 1.29 is 19.2 Å². The number of benzene rings is 1. The fourth-order valence-electron chi connectivity index (χ4n) is 1.61. The molecule has 1 atom stereocenters. The van der Waals surface area contributed by atoms with Gasteiger partial charge < -0.3 is 9.47 Å². The summed E-state index contributed by atoms with van der Waals surface area (Å²) in [6.07, 6.45) is 0.845. The third-order valence-corrected chi connectivity index (χ3v) is 2.67. The van der Waals surface area contributed by atoms with Crippen LogP contribution in [-0.2, 0) is 4.74 Å². The number of nitro groups is 1. The number of nitrogens with zero attached hydrogens (tertiary/aromatic N) is 1. The summed E-state index contributed by atoms with van der Waals surface area (Å²) in [6.45, 7) is -0.00255. The van der Waals surface area contributed by atoms with Gasteiger partial charge in [-0.2, -0.15) is 0 Å². The van der Waals surface area contributed by atoms with Gasteiger partial charge in [0.25, 0.3) is 0 Å². The number of cyclic esters (lactones) is 1. The Morgan fingerprint density at radius 2 is 2.32 bits per heavy atom. The summed E-state index contributed by atoms with van der Waals surface area (Å²) in [7, 11) is 0. The van der Waals surface area contributed by atoms with E-state index in [0.29, 0.717) is 0 Å². The number of halogens is 1. The second kappa shape index (κ2) is 5.69. The van der Waals surface area contributed by atoms with Crippen LogP contribution in [-0.4, -0.2) is 23.6 Å². The van der Waals surface area contributed by atoms with Crippen molar-refractivity contribution in [2.75, 3.05) is 6.61 Å². The first-order chi connectivity index (χ1) is 9.13. The van der Waals surface area contributed by atoms with E-state index in [9.17, 15) is 14.9 Å². The number of para-hydroxylation sites is 1. The molecule has 0 amide bonds. The monoisotopic (exact) mass is 325 g/mol. The van der Waals surface area contributed by atoms with E-state index in [1.54, 1.807) is 0 Å². The molecule has 1 aromatic rings. The zero-order chi connectivity index (χ0) is 13.8. The highest BCUT2D eigenvalue weighted by Gasteiger charge is 2.29. The second-order valence-electron chi connectivity index (χ2n) is 3.61. The van der Waals surface area contributed by atoms with Crippen molar-refractivity contribution in [3.8, 4) is 5.75 Å². The normalized spacial score (nSPS) is 17.1. The number of esters is 1. The lowest BCUT2D eigenvalue weighted by Gasteiger charge is -2.08. The molecule has 98 valence electrons. The molecule has 0 unspecified atom stereocenters. The molecule has 0 aliphatic carbocycles. The molecule has 1 aromatic carbocycles. The Hall–Kier alpha value is -2.11. The summed E-state index contributed by atoms with van der Waals surface area (Å²) in [4.78, 5) is 23.6. The van der Waals surface area contributed by atoms with Gasteiger partial charge in [-0.25, -0.2) is 4.79 Å².